The predicted octanol–water partition coefficient (Wildman–Crippen LogP) is 2.25. The molecule has 1 aliphatic carbocycles. The standard InChI is InChI=1S/C14H16N4O2S/c19-13(10-8-12-18(17-10)6-3-7-20-12)16-14-15-9-4-1-2-5-11(9)21-14/h8H,1-7H2,(H,15,16,19). The number of hydrogen-bond acceptors (Lipinski definition) is 5. The average molecular weight is 304 g/mol. The summed E-state index contributed by atoms with van der Waals surface area (Å²) in [6.45, 7) is 1.49. The van der Waals surface area contributed by atoms with Crippen LogP contribution in [0.3, 0.4) is 0 Å². The first-order valence-electron chi connectivity index (χ1n) is 7.30. The minimum absolute atomic E-state index is 0.216. The summed E-state index contributed by atoms with van der Waals surface area (Å²) in [5.74, 6) is 0.455. The monoisotopic (exact) mass is 304 g/mol. The second-order valence-electron chi connectivity index (χ2n) is 5.34. The molecular formula is C14H16N4O2S. The number of anilines is 1. The van der Waals surface area contributed by atoms with E-state index in [9.17, 15) is 4.79 Å². The number of thiazole rings is 1. The number of ether oxygens (including phenoxy) is 1. The highest BCUT2D eigenvalue weighted by Crippen LogP contribution is 2.30. The fraction of sp³-hybridized carbons (Fsp3) is 0.500. The molecule has 2 aromatic heterocycles. The third-order valence-electron chi connectivity index (χ3n) is 3.81. The molecule has 7 heteroatoms. The molecule has 1 aliphatic heterocycles. The number of amides is 1. The van der Waals surface area contributed by atoms with Crippen molar-refractivity contribution in [2.45, 2.75) is 38.6 Å². The van der Waals surface area contributed by atoms with E-state index in [0.29, 0.717) is 23.3 Å². The number of fused-ring (bicyclic) bond motifs is 2. The Labute approximate surface area is 126 Å². The minimum Gasteiger partial charge on any atom is -0.478 e. The molecule has 21 heavy (non-hydrogen) atoms. The summed E-state index contributed by atoms with van der Waals surface area (Å²) in [6, 6.07) is 1.70. The van der Waals surface area contributed by atoms with Crippen molar-refractivity contribution in [1.82, 2.24) is 14.8 Å². The Balaban J connectivity index is 1.52. The minimum atomic E-state index is -0.216. The number of nitrogens with one attached hydrogen (secondary N) is 1. The fourth-order valence-electron chi connectivity index (χ4n) is 2.74. The van der Waals surface area contributed by atoms with E-state index in [0.717, 1.165) is 31.5 Å². The molecule has 0 saturated carbocycles. The molecule has 110 valence electrons. The third kappa shape index (κ3) is 2.42. The van der Waals surface area contributed by atoms with Gasteiger partial charge in [0.25, 0.3) is 5.91 Å². The van der Waals surface area contributed by atoms with E-state index in [1.54, 1.807) is 22.1 Å². The van der Waals surface area contributed by atoms with Crippen LogP contribution in [0.5, 0.6) is 5.88 Å². The van der Waals surface area contributed by atoms with Crippen LogP contribution in [0.1, 0.15) is 40.3 Å². The molecule has 0 bridgehead atoms. The van der Waals surface area contributed by atoms with Crippen LogP contribution in [-0.2, 0) is 19.4 Å². The zero-order chi connectivity index (χ0) is 14.2. The van der Waals surface area contributed by atoms with E-state index < -0.39 is 0 Å². The van der Waals surface area contributed by atoms with E-state index in [1.165, 1.54) is 17.7 Å². The fourth-order valence-corrected chi connectivity index (χ4v) is 3.79. The van der Waals surface area contributed by atoms with Gasteiger partial charge >= 0.3 is 0 Å². The van der Waals surface area contributed by atoms with Crippen molar-refractivity contribution >= 4 is 22.4 Å². The molecule has 3 heterocycles. The zero-order valence-electron chi connectivity index (χ0n) is 11.6. The second-order valence-corrected chi connectivity index (χ2v) is 6.43. The predicted molar refractivity (Wildman–Crippen MR) is 79.0 cm³/mol. The van der Waals surface area contributed by atoms with E-state index in [4.69, 9.17) is 4.74 Å². The molecule has 2 aromatic rings. The summed E-state index contributed by atoms with van der Waals surface area (Å²) in [4.78, 5) is 18.1. The van der Waals surface area contributed by atoms with Gasteiger partial charge in [0.05, 0.1) is 12.3 Å². The third-order valence-corrected chi connectivity index (χ3v) is 4.88. The molecule has 0 saturated heterocycles. The summed E-state index contributed by atoms with van der Waals surface area (Å²) in [6.07, 6.45) is 5.43. The Bertz CT molecular complexity index is 644. The van der Waals surface area contributed by atoms with Crippen LogP contribution < -0.4 is 10.1 Å². The Hall–Kier alpha value is -1.89. The van der Waals surface area contributed by atoms with Gasteiger partial charge in [0, 0.05) is 23.9 Å². The van der Waals surface area contributed by atoms with Gasteiger partial charge in [-0.2, -0.15) is 5.10 Å². The first-order valence-corrected chi connectivity index (χ1v) is 8.12. The Morgan fingerprint density at radius 2 is 2.24 bits per heavy atom. The smallest absolute Gasteiger partial charge is 0.278 e. The molecule has 1 amide bonds. The lowest BCUT2D eigenvalue weighted by atomic mass is 10.0. The summed E-state index contributed by atoms with van der Waals surface area (Å²) in [5, 5.41) is 7.83. The van der Waals surface area contributed by atoms with Crippen molar-refractivity contribution in [3.8, 4) is 5.88 Å². The van der Waals surface area contributed by atoms with Gasteiger partial charge in [0.2, 0.25) is 5.88 Å². The number of hydrogen-bond donors (Lipinski definition) is 1. The van der Waals surface area contributed by atoms with E-state index in [1.807, 2.05) is 0 Å². The molecular weight excluding hydrogens is 288 g/mol. The Morgan fingerprint density at radius 1 is 1.33 bits per heavy atom. The van der Waals surface area contributed by atoms with Gasteiger partial charge in [0.1, 0.15) is 0 Å². The lowest BCUT2D eigenvalue weighted by Crippen LogP contribution is -2.16. The van der Waals surface area contributed by atoms with Gasteiger partial charge in [-0.15, -0.1) is 11.3 Å². The highest BCUT2D eigenvalue weighted by Gasteiger charge is 2.20. The maximum atomic E-state index is 12.3. The number of carbonyl (C=O) groups is 1. The molecule has 0 fully saturated rings. The molecule has 0 unspecified atom stereocenters. The van der Waals surface area contributed by atoms with Gasteiger partial charge in [-0.3, -0.25) is 10.1 Å². The highest BCUT2D eigenvalue weighted by molar-refractivity contribution is 7.15. The van der Waals surface area contributed by atoms with Crippen molar-refractivity contribution in [2.24, 2.45) is 0 Å². The first kappa shape index (κ1) is 12.8. The maximum Gasteiger partial charge on any atom is 0.278 e. The molecule has 2 aliphatic rings. The zero-order valence-corrected chi connectivity index (χ0v) is 12.4. The van der Waals surface area contributed by atoms with Crippen LogP contribution in [0, 0.1) is 0 Å². The van der Waals surface area contributed by atoms with Crippen molar-refractivity contribution in [2.75, 3.05) is 11.9 Å². The van der Waals surface area contributed by atoms with Crippen LogP contribution in [0.4, 0.5) is 5.13 Å². The quantitative estimate of drug-likeness (QED) is 0.924. The lowest BCUT2D eigenvalue weighted by molar-refractivity contribution is 0.102. The summed E-state index contributed by atoms with van der Waals surface area (Å²) >= 11 is 1.58. The normalized spacial score (nSPS) is 16.8. The van der Waals surface area contributed by atoms with Crippen LogP contribution in [0.25, 0.3) is 0 Å². The maximum absolute atomic E-state index is 12.3. The van der Waals surface area contributed by atoms with Gasteiger partial charge < -0.3 is 4.74 Å². The highest BCUT2D eigenvalue weighted by atomic mass is 32.1. The van der Waals surface area contributed by atoms with Crippen molar-refractivity contribution in [3.05, 3.63) is 22.3 Å². The SMILES string of the molecule is O=C(Nc1nc2c(s1)CCCC2)c1cc2n(n1)CCCO2. The Morgan fingerprint density at radius 3 is 3.10 bits per heavy atom. The lowest BCUT2D eigenvalue weighted by Gasteiger charge is -2.13. The number of carbonyl (C=O) groups excluding carboxylic acids is 1. The number of rotatable bonds is 2. The number of nitrogens with zero attached hydrogens (tertiary/aromatic N) is 3. The molecule has 0 atom stereocenters. The van der Waals surface area contributed by atoms with E-state index in [-0.39, 0.29) is 5.91 Å². The molecule has 0 radical (unpaired) electrons. The summed E-state index contributed by atoms with van der Waals surface area (Å²) in [7, 11) is 0. The van der Waals surface area contributed by atoms with Crippen LogP contribution in [-0.4, -0.2) is 27.3 Å². The van der Waals surface area contributed by atoms with Gasteiger partial charge in [-0.1, -0.05) is 0 Å². The summed E-state index contributed by atoms with van der Waals surface area (Å²) < 4.78 is 7.22. The van der Waals surface area contributed by atoms with Crippen molar-refractivity contribution in [1.29, 1.82) is 0 Å². The topological polar surface area (TPSA) is 69.0 Å². The Kier molecular flexibility index (Phi) is 3.14. The number of aromatic nitrogens is 3. The van der Waals surface area contributed by atoms with Crippen molar-refractivity contribution in [3.63, 3.8) is 0 Å². The first-order chi connectivity index (χ1) is 10.3. The van der Waals surface area contributed by atoms with Gasteiger partial charge in [-0.05, 0) is 25.7 Å². The van der Waals surface area contributed by atoms with Gasteiger partial charge in [-0.25, -0.2) is 9.67 Å². The molecule has 1 N–H and O–H groups in total. The van der Waals surface area contributed by atoms with Crippen LogP contribution in [0.15, 0.2) is 6.07 Å². The summed E-state index contributed by atoms with van der Waals surface area (Å²) in [5.41, 5.74) is 1.54. The second kappa shape index (κ2) is 5.14. The van der Waals surface area contributed by atoms with Crippen LogP contribution in [0.2, 0.25) is 0 Å². The van der Waals surface area contributed by atoms with E-state index in [2.05, 4.69) is 15.4 Å². The molecule has 6 nitrogen and oxygen atoms in total. The molecule has 0 spiro atoms. The van der Waals surface area contributed by atoms with Gasteiger partial charge in [0.15, 0.2) is 10.8 Å². The van der Waals surface area contributed by atoms with Crippen LogP contribution >= 0.6 is 11.3 Å². The largest absolute Gasteiger partial charge is 0.478 e. The number of aryl methyl sites for hydroxylation is 3. The van der Waals surface area contributed by atoms with E-state index >= 15 is 0 Å². The average Bonchev–Trinajstić information content (AvgIpc) is 3.10. The molecule has 4 rings (SSSR count). The molecule has 0 aromatic carbocycles. The van der Waals surface area contributed by atoms with Crippen molar-refractivity contribution < 1.29 is 9.53 Å².